The summed E-state index contributed by atoms with van der Waals surface area (Å²) < 4.78 is 25.8. The molecule has 1 saturated carbocycles. The van der Waals surface area contributed by atoms with Crippen molar-refractivity contribution in [1.82, 2.24) is 0 Å². The number of rotatable bonds is 1. The fraction of sp³-hybridized carbons (Fsp3) is 0.400. The summed E-state index contributed by atoms with van der Waals surface area (Å²) >= 11 is 0. The average Bonchev–Trinajstić information content (AvgIpc) is 2.53. The van der Waals surface area contributed by atoms with E-state index in [1.807, 2.05) is 0 Å². The van der Waals surface area contributed by atoms with E-state index in [9.17, 15) is 8.78 Å². The van der Waals surface area contributed by atoms with Crippen molar-refractivity contribution >= 4 is 0 Å². The number of alkyl halides is 2. The average molecular weight is 184 g/mol. The zero-order valence-electron chi connectivity index (χ0n) is 7.22. The molecule has 0 spiro atoms. The van der Waals surface area contributed by atoms with Crippen LogP contribution in [0.3, 0.4) is 0 Å². The van der Waals surface area contributed by atoms with Crippen molar-refractivity contribution in [2.24, 2.45) is 0 Å². The zero-order valence-corrected chi connectivity index (χ0v) is 7.22. The van der Waals surface area contributed by atoms with E-state index in [1.54, 1.807) is 19.1 Å². The molecule has 1 aliphatic rings. The second-order valence-electron chi connectivity index (χ2n) is 3.76. The maximum Gasteiger partial charge on any atom is 0.258 e. The number of halogens is 2. The first-order valence-electron chi connectivity index (χ1n) is 4.13. The van der Waals surface area contributed by atoms with Crippen LogP contribution in [0.25, 0.3) is 0 Å². The molecule has 0 saturated heterocycles. The Labute approximate surface area is 75.0 Å². The van der Waals surface area contributed by atoms with E-state index in [1.165, 1.54) is 12.1 Å². The second kappa shape index (κ2) is 2.22. The summed E-state index contributed by atoms with van der Waals surface area (Å²) in [7, 11) is 0. The number of aromatic hydroxyl groups is 1. The monoisotopic (exact) mass is 184 g/mol. The van der Waals surface area contributed by atoms with Crippen molar-refractivity contribution < 1.29 is 13.9 Å². The largest absolute Gasteiger partial charge is 0.508 e. The van der Waals surface area contributed by atoms with E-state index < -0.39 is 11.3 Å². The minimum absolute atomic E-state index is 0.0925. The molecule has 70 valence electrons. The normalized spacial score (nSPS) is 30.1. The Morgan fingerprint density at radius 3 is 2.08 bits per heavy atom. The van der Waals surface area contributed by atoms with Crippen molar-refractivity contribution in [3.8, 4) is 5.75 Å². The summed E-state index contributed by atoms with van der Waals surface area (Å²) in [5.41, 5.74) is -0.420. The molecule has 1 aromatic carbocycles. The van der Waals surface area contributed by atoms with Crippen LogP contribution in [-0.2, 0) is 5.41 Å². The van der Waals surface area contributed by atoms with Crippen molar-refractivity contribution in [3.63, 3.8) is 0 Å². The molecular formula is C10H10F2O. The van der Waals surface area contributed by atoms with Crippen LogP contribution in [-0.4, -0.2) is 11.0 Å². The van der Waals surface area contributed by atoms with Gasteiger partial charge in [0, 0.05) is 6.42 Å². The molecule has 1 nitrogen and oxygen atoms in total. The summed E-state index contributed by atoms with van der Waals surface area (Å²) in [5, 5.41) is 8.99. The van der Waals surface area contributed by atoms with Gasteiger partial charge < -0.3 is 5.11 Å². The molecule has 1 atom stereocenters. The number of phenolic OH excluding ortho intramolecular Hbond substituents is 1. The predicted molar refractivity (Wildman–Crippen MR) is 45.0 cm³/mol. The molecule has 0 aromatic heterocycles. The van der Waals surface area contributed by atoms with Gasteiger partial charge in [-0.25, -0.2) is 8.78 Å². The highest BCUT2D eigenvalue weighted by atomic mass is 19.3. The van der Waals surface area contributed by atoms with Gasteiger partial charge in [-0.15, -0.1) is 0 Å². The second-order valence-corrected chi connectivity index (χ2v) is 3.76. The summed E-state index contributed by atoms with van der Waals surface area (Å²) in [6, 6.07) is 5.98. The third-order valence-corrected chi connectivity index (χ3v) is 2.76. The summed E-state index contributed by atoms with van der Waals surface area (Å²) in [5.74, 6) is -2.47. The lowest BCUT2D eigenvalue weighted by atomic mass is 9.98. The SMILES string of the molecule is CC1(c2ccc(O)cc2)CC1(F)F. The van der Waals surface area contributed by atoms with Gasteiger partial charge in [0.15, 0.2) is 0 Å². The molecule has 0 amide bonds. The van der Waals surface area contributed by atoms with Crippen molar-refractivity contribution in [2.75, 3.05) is 0 Å². The molecular weight excluding hydrogens is 174 g/mol. The van der Waals surface area contributed by atoms with Gasteiger partial charge in [0.25, 0.3) is 5.92 Å². The molecule has 2 rings (SSSR count). The van der Waals surface area contributed by atoms with E-state index in [4.69, 9.17) is 5.11 Å². The zero-order chi connectivity index (χ0) is 9.69. The van der Waals surface area contributed by atoms with Gasteiger partial charge in [-0.05, 0) is 24.6 Å². The van der Waals surface area contributed by atoms with Gasteiger partial charge in [0.1, 0.15) is 5.75 Å². The van der Waals surface area contributed by atoms with Crippen LogP contribution in [0.2, 0.25) is 0 Å². The summed E-state index contributed by atoms with van der Waals surface area (Å²) in [6.07, 6.45) is -0.0925. The fourth-order valence-corrected chi connectivity index (χ4v) is 1.54. The van der Waals surface area contributed by atoms with Crippen LogP contribution >= 0.6 is 0 Å². The first kappa shape index (κ1) is 8.48. The van der Waals surface area contributed by atoms with E-state index in [2.05, 4.69) is 0 Å². The molecule has 0 aliphatic heterocycles. The lowest BCUT2D eigenvalue weighted by Gasteiger charge is -2.09. The van der Waals surface area contributed by atoms with E-state index in [0.717, 1.165) is 0 Å². The fourth-order valence-electron chi connectivity index (χ4n) is 1.54. The van der Waals surface area contributed by atoms with Gasteiger partial charge in [0.2, 0.25) is 0 Å². The molecule has 3 heteroatoms. The van der Waals surface area contributed by atoms with Gasteiger partial charge >= 0.3 is 0 Å². The lowest BCUT2D eigenvalue weighted by molar-refractivity contribution is 0.0920. The van der Waals surface area contributed by atoms with Crippen molar-refractivity contribution in [3.05, 3.63) is 29.8 Å². The quantitative estimate of drug-likeness (QED) is 0.711. The van der Waals surface area contributed by atoms with Gasteiger partial charge in [-0.2, -0.15) is 0 Å². The topological polar surface area (TPSA) is 20.2 Å². The maximum absolute atomic E-state index is 12.9. The van der Waals surface area contributed by atoms with Crippen LogP contribution in [0.5, 0.6) is 5.75 Å². The highest BCUT2D eigenvalue weighted by Crippen LogP contribution is 2.61. The number of hydrogen-bond acceptors (Lipinski definition) is 1. The standard InChI is InChI=1S/C10H10F2O/c1-9(6-10(9,11)12)7-2-4-8(13)5-3-7/h2-5,13H,6H2,1H3. The third-order valence-electron chi connectivity index (χ3n) is 2.76. The highest BCUT2D eigenvalue weighted by Gasteiger charge is 2.68. The van der Waals surface area contributed by atoms with Gasteiger partial charge in [-0.3, -0.25) is 0 Å². The molecule has 1 fully saturated rings. The van der Waals surface area contributed by atoms with Crippen LogP contribution in [0.4, 0.5) is 8.78 Å². The number of hydrogen-bond donors (Lipinski definition) is 1. The van der Waals surface area contributed by atoms with Crippen molar-refractivity contribution in [1.29, 1.82) is 0 Å². The Balaban J connectivity index is 2.34. The number of phenols is 1. The molecule has 1 aliphatic carbocycles. The third kappa shape index (κ3) is 1.10. The van der Waals surface area contributed by atoms with Crippen LogP contribution in [0, 0.1) is 0 Å². The van der Waals surface area contributed by atoms with E-state index in [-0.39, 0.29) is 12.2 Å². The van der Waals surface area contributed by atoms with Gasteiger partial charge in [0.05, 0.1) is 5.41 Å². The Morgan fingerprint density at radius 2 is 1.69 bits per heavy atom. The van der Waals surface area contributed by atoms with Crippen molar-refractivity contribution in [2.45, 2.75) is 24.7 Å². The molecule has 13 heavy (non-hydrogen) atoms. The predicted octanol–water partition coefficient (Wildman–Crippen LogP) is 2.69. The Hall–Kier alpha value is -1.12. The summed E-state index contributed by atoms with van der Waals surface area (Å²) in [6.45, 7) is 1.54. The number of benzene rings is 1. The van der Waals surface area contributed by atoms with Gasteiger partial charge in [-0.1, -0.05) is 12.1 Å². The first-order chi connectivity index (χ1) is 5.96. The Kier molecular flexibility index (Phi) is 1.45. The molecule has 1 aromatic rings. The van der Waals surface area contributed by atoms with Crippen LogP contribution in [0.1, 0.15) is 18.9 Å². The highest BCUT2D eigenvalue weighted by molar-refractivity contribution is 5.39. The molecule has 1 unspecified atom stereocenters. The maximum atomic E-state index is 12.9. The van der Waals surface area contributed by atoms with Crippen LogP contribution < -0.4 is 0 Å². The Bertz CT molecular complexity index is 331. The summed E-state index contributed by atoms with van der Waals surface area (Å²) in [4.78, 5) is 0. The lowest BCUT2D eigenvalue weighted by Crippen LogP contribution is -2.10. The smallest absolute Gasteiger partial charge is 0.258 e. The Morgan fingerprint density at radius 1 is 1.23 bits per heavy atom. The molecule has 0 radical (unpaired) electrons. The first-order valence-corrected chi connectivity index (χ1v) is 4.13. The van der Waals surface area contributed by atoms with E-state index >= 15 is 0 Å². The molecule has 0 bridgehead atoms. The van der Waals surface area contributed by atoms with Crippen LogP contribution in [0.15, 0.2) is 24.3 Å². The minimum Gasteiger partial charge on any atom is -0.508 e. The molecule has 0 heterocycles. The van der Waals surface area contributed by atoms with E-state index in [0.29, 0.717) is 5.56 Å². The minimum atomic E-state index is -2.58. The molecule has 1 N–H and O–H groups in total.